The van der Waals surface area contributed by atoms with Crippen LogP contribution in [-0.2, 0) is 0 Å². The van der Waals surface area contributed by atoms with E-state index in [1.807, 2.05) is 0 Å². The average molecular weight is 350 g/mol. The Balaban J connectivity index is 1.83. The Morgan fingerprint density at radius 2 is 1.27 bits per heavy atom. The van der Waals surface area contributed by atoms with Crippen LogP contribution < -0.4 is 9.47 Å². The van der Waals surface area contributed by atoms with Gasteiger partial charge < -0.3 is 9.47 Å². The van der Waals surface area contributed by atoms with Gasteiger partial charge in [-0.05, 0) is 53.2 Å². The maximum atomic E-state index is 13.7. The third kappa shape index (κ3) is 3.07. The molecule has 0 bridgehead atoms. The fourth-order valence-corrected chi connectivity index (χ4v) is 2.81. The number of rotatable bonds is 2. The molecule has 0 N–H and O–H groups in total. The van der Waals surface area contributed by atoms with E-state index in [0.717, 1.165) is 0 Å². The second-order valence-electron chi connectivity index (χ2n) is 5.70. The molecule has 0 saturated heterocycles. The first-order valence-electron chi connectivity index (χ1n) is 7.86. The van der Waals surface area contributed by atoms with Gasteiger partial charge in [-0.1, -0.05) is 30.3 Å². The highest BCUT2D eigenvalue weighted by molar-refractivity contribution is 6.06. The minimum Gasteiger partial charge on any atom is -0.395 e. The van der Waals surface area contributed by atoms with E-state index >= 15 is 0 Å². The van der Waals surface area contributed by atoms with Gasteiger partial charge in [-0.25, -0.2) is 13.6 Å². The van der Waals surface area contributed by atoms with E-state index in [4.69, 9.17) is 9.47 Å². The standard InChI is InChI=1S/C21H12F2O3/c22-15-8-6-13-10-14-7-9-16(23)12-19(14)20(18(13)11-15)26-21(24)25-17-4-2-1-3-5-17/h1-12H. The molecular weight excluding hydrogens is 338 g/mol. The van der Waals surface area contributed by atoms with Crippen molar-refractivity contribution < 1.29 is 23.0 Å². The van der Waals surface area contributed by atoms with Crippen LogP contribution in [0, 0.1) is 11.6 Å². The quantitative estimate of drug-likeness (QED) is 0.258. The summed E-state index contributed by atoms with van der Waals surface area (Å²) in [5, 5.41) is 2.03. The minimum absolute atomic E-state index is 0.0532. The number of carbonyl (C=O) groups is 1. The molecule has 0 unspecified atom stereocenters. The molecule has 26 heavy (non-hydrogen) atoms. The van der Waals surface area contributed by atoms with Gasteiger partial charge in [-0.2, -0.15) is 0 Å². The van der Waals surface area contributed by atoms with Crippen LogP contribution in [0.25, 0.3) is 21.5 Å². The third-order valence-corrected chi connectivity index (χ3v) is 3.96. The molecule has 0 aliphatic carbocycles. The van der Waals surface area contributed by atoms with Crippen molar-refractivity contribution in [3.63, 3.8) is 0 Å². The molecule has 128 valence electrons. The monoisotopic (exact) mass is 350 g/mol. The van der Waals surface area contributed by atoms with Crippen molar-refractivity contribution in [3.05, 3.63) is 84.4 Å². The number of para-hydroxylation sites is 1. The van der Waals surface area contributed by atoms with Crippen LogP contribution in [0.15, 0.2) is 72.8 Å². The molecule has 0 aliphatic rings. The van der Waals surface area contributed by atoms with Crippen molar-refractivity contribution in [2.45, 2.75) is 0 Å². The molecule has 0 saturated carbocycles. The molecule has 5 heteroatoms. The molecule has 0 aliphatic heterocycles. The molecule has 0 amide bonds. The van der Waals surface area contributed by atoms with Crippen LogP contribution in [0.4, 0.5) is 13.6 Å². The van der Waals surface area contributed by atoms with Crippen LogP contribution in [0.3, 0.4) is 0 Å². The van der Waals surface area contributed by atoms with E-state index in [2.05, 4.69) is 0 Å². The third-order valence-electron chi connectivity index (χ3n) is 3.96. The van der Waals surface area contributed by atoms with Crippen molar-refractivity contribution in [1.82, 2.24) is 0 Å². The molecule has 0 atom stereocenters. The Labute approximate surface area is 147 Å². The van der Waals surface area contributed by atoms with Crippen molar-refractivity contribution in [1.29, 1.82) is 0 Å². The first-order chi connectivity index (χ1) is 12.6. The Hall–Kier alpha value is -3.47. The highest BCUT2D eigenvalue weighted by atomic mass is 19.1. The van der Waals surface area contributed by atoms with E-state index < -0.39 is 17.8 Å². The summed E-state index contributed by atoms with van der Waals surface area (Å²) < 4.78 is 38.0. The highest BCUT2D eigenvalue weighted by Gasteiger charge is 2.16. The normalized spacial score (nSPS) is 10.8. The summed E-state index contributed by atoms with van der Waals surface area (Å²) in [5.74, 6) is -0.624. The molecule has 0 fully saturated rings. The Kier molecular flexibility index (Phi) is 3.97. The number of benzene rings is 4. The fraction of sp³-hybridized carbons (Fsp3) is 0. The molecule has 0 radical (unpaired) electrons. The zero-order valence-electron chi connectivity index (χ0n) is 13.4. The van der Waals surface area contributed by atoms with Gasteiger partial charge in [0.2, 0.25) is 0 Å². The second kappa shape index (κ2) is 6.44. The fourth-order valence-electron chi connectivity index (χ4n) is 2.81. The van der Waals surface area contributed by atoms with Crippen molar-refractivity contribution in [3.8, 4) is 11.5 Å². The van der Waals surface area contributed by atoms with Gasteiger partial charge in [0.05, 0.1) is 0 Å². The topological polar surface area (TPSA) is 35.5 Å². The lowest BCUT2D eigenvalue weighted by Crippen LogP contribution is -2.14. The van der Waals surface area contributed by atoms with E-state index in [1.165, 1.54) is 24.3 Å². The van der Waals surface area contributed by atoms with Crippen molar-refractivity contribution in [2.24, 2.45) is 0 Å². The molecule has 0 heterocycles. The Morgan fingerprint density at radius 3 is 1.85 bits per heavy atom. The number of hydrogen-bond acceptors (Lipinski definition) is 3. The van der Waals surface area contributed by atoms with Gasteiger partial charge in [-0.15, -0.1) is 0 Å². The van der Waals surface area contributed by atoms with E-state index in [1.54, 1.807) is 48.5 Å². The van der Waals surface area contributed by atoms with Gasteiger partial charge in [0.25, 0.3) is 0 Å². The summed E-state index contributed by atoms with van der Waals surface area (Å²) in [6.45, 7) is 0. The molecule has 4 rings (SSSR count). The second-order valence-corrected chi connectivity index (χ2v) is 5.70. The minimum atomic E-state index is -0.987. The summed E-state index contributed by atoms with van der Waals surface area (Å²) in [4.78, 5) is 12.2. The van der Waals surface area contributed by atoms with Gasteiger partial charge in [0, 0.05) is 10.8 Å². The van der Waals surface area contributed by atoms with Crippen LogP contribution in [-0.4, -0.2) is 6.16 Å². The Bertz CT molecular complexity index is 1060. The van der Waals surface area contributed by atoms with E-state index in [-0.39, 0.29) is 5.75 Å². The van der Waals surface area contributed by atoms with E-state index in [0.29, 0.717) is 27.3 Å². The number of hydrogen-bond donors (Lipinski definition) is 0. The molecule has 4 aromatic carbocycles. The zero-order valence-corrected chi connectivity index (χ0v) is 13.4. The van der Waals surface area contributed by atoms with Gasteiger partial charge >= 0.3 is 6.16 Å². The van der Waals surface area contributed by atoms with Crippen LogP contribution >= 0.6 is 0 Å². The predicted molar refractivity (Wildman–Crippen MR) is 94.5 cm³/mol. The number of ether oxygens (including phenoxy) is 2. The summed E-state index contributed by atoms with van der Waals surface area (Å²) in [7, 11) is 0. The van der Waals surface area contributed by atoms with Gasteiger partial charge in [0.1, 0.15) is 23.1 Å². The lowest BCUT2D eigenvalue weighted by molar-refractivity contribution is 0.153. The van der Waals surface area contributed by atoms with Crippen LogP contribution in [0.5, 0.6) is 11.5 Å². The largest absolute Gasteiger partial charge is 0.519 e. The molecule has 0 aromatic heterocycles. The van der Waals surface area contributed by atoms with E-state index in [9.17, 15) is 13.6 Å². The summed E-state index contributed by atoms with van der Waals surface area (Å²) in [6.07, 6.45) is -0.987. The summed E-state index contributed by atoms with van der Waals surface area (Å²) in [5.41, 5.74) is 0. The highest BCUT2D eigenvalue weighted by Crippen LogP contribution is 2.36. The summed E-state index contributed by atoms with van der Waals surface area (Å²) >= 11 is 0. The summed E-state index contributed by atoms with van der Waals surface area (Å²) in [6, 6.07) is 18.4. The SMILES string of the molecule is O=C(Oc1ccccc1)Oc1c2cc(F)ccc2cc2ccc(F)cc12. The molecule has 4 aromatic rings. The lowest BCUT2D eigenvalue weighted by Gasteiger charge is -2.12. The average Bonchev–Trinajstić information content (AvgIpc) is 2.63. The first kappa shape index (κ1) is 16.0. The van der Waals surface area contributed by atoms with Crippen molar-refractivity contribution >= 4 is 27.7 Å². The Morgan fingerprint density at radius 1 is 0.692 bits per heavy atom. The molecule has 0 spiro atoms. The van der Waals surface area contributed by atoms with Gasteiger partial charge in [-0.3, -0.25) is 0 Å². The predicted octanol–water partition coefficient (Wildman–Crippen LogP) is 5.85. The molecular formula is C21H12F2O3. The maximum Gasteiger partial charge on any atom is 0.519 e. The van der Waals surface area contributed by atoms with Crippen LogP contribution in [0.2, 0.25) is 0 Å². The maximum absolute atomic E-state index is 13.7. The van der Waals surface area contributed by atoms with Crippen LogP contribution in [0.1, 0.15) is 0 Å². The first-order valence-corrected chi connectivity index (χ1v) is 7.86. The zero-order chi connectivity index (χ0) is 18.1. The lowest BCUT2D eigenvalue weighted by atomic mass is 10.0. The molecule has 3 nitrogen and oxygen atoms in total. The number of carbonyl (C=O) groups excluding carboxylic acids is 1. The smallest absolute Gasteiger partial charge is 0.395 e. The van der Waals surface area contributed by atoms with Crippen molar-refractivity contribution in [2.75, 3.05) is 0 Å². The van der Waals surface area contributed by atoms with Gasteiger partial charge in [0.15, 0.2) is 0 Å². The number of halogens is 2. The number of fused-ring (bicyclic) bond motifs is 2.